The highest BCUT2D eigenvalue weighted by molar-refractivity contribution is 5.99. The molecule has 0 heterocycles. The van der Waals surface area contributed by atoms with Crippen molar-refractivity contribution in [1.82, 2.24) is 5.06 Å². The van der Waals surface area contributed by atoms with E-state index in [4.69, 9.17) is 9.57 Å². The summed E-state index contributed by atoms with van der Waals surface area (Å²) in [7, 11) is 2.98. The van der Waals surface area contributed by atoms with E-state index in [-0.39, 0.29) is 18.1 Å². The van der Waals surface area contributed by atoms with Gasteiger partial charge in [-0.1, -0.05) is 67.3 Å². The van der Waals surface area contributed by atoms with Crippen LogP contribution >= 0.6 is 0 Å². The number of rotatable bonds is 12. The molecule has 30 heavy (non-hydrogen) atoms. The van der Waals surface area contributed by atoms with Crippen molar-refractivity contribution in [3.63, 3.8) is 0 Å². The Kier molecular flexibility index (Phi) is 9.19. The summed E-state index contributed by atoms with van der Waals surface area (Å²) in [6.07, 6.45) is 3.90. The van der Waals surface area contributed by atoms with Gasteiger partial charge in [-0.05, 0) is 23.1 Å². The number of benzene rings is 2. The van der Waals surface area contributed by atoms with E-state index in [0.29, 0.717) is 25.2 Å². The Morgan fingerprint density at radius 2 is 1.73 bits per heavy atom. The monoisotopic (exact) mass is 407 g/mol. The summed E-state index contributed by atoms with van der Waals surface area (Å²) in [6, 6.07) is 15.0. The molecule has 1 amide bonds. The molecule has 2 rings (SSSR count). The van der Waals surface area contributed by atoms with Gasteiger partial charge in [0.2, 0.25) is 5.91 Å². The van der Waals surface area contributed by atoms with Crippen molar-refractivity contribution in [2.45, 2.75) is 19.4 Å². The third-order valence-corrected chi connectivity index (χ3v) is 4.92. The van der Waals surface area contributed by atoms with Gasteiger partial charge < -0.3 is 4.74 Å². The molecule has 5 heteroatoms. The van der Waals surface area contributed by atoms with E-state index >= 15 is 0 Å². The number of ether oxygens (including phenoxy) is 1. The average Bonchev–Trinajstić information content (AvgIpc) is 2.78. The molecule has 0 aliphatic carbocycles. The third-order valence-electron chi connectivity index (χ3n) is 4.92. The standard InChI is InChI=1S/C25H29NO4/c1-5-15-30-18-21-13-9-10-14-23(21)24(27)17-22(25(28)26(3)29-4)16-20-12-8-7-11-19(20)6-2/h5-14,22H,1-2,15-18H2,3-4H3/t22-/m1/s1. The second-order valence-corrected chi connectivity index (χ2v) is 6.91. The highest BCUT2D eigenvalue weighted by Gasteiger charge is 2.27. The van der Waals surface area contributed by atoms with E-state index in [1.54, 1.807) is 25.3 Å². The molecule has 0 unspecified atom stereocenters. The van der Waals surface area contributed by atoms with Crippen LogP contribution in [-0.4, -0.2) is 37.5 Å². The summed E-state index contributed by atoms with van der Waals surface area (Å²) >= 11 is 0. The van der Waals surface area contributed by atoms with E-state index in [0.717, 1.165) is 16.7 Å². The molecule has 1 atom stereocenters. The zero-order chi connectivity index (χ0) is 21.9. The van der Waals surface area contributed by atoms with Crippen LogP contribution in [0.1, 0.15) is 33.5 Å². The molecule has 2 aromatic rings. The van der Waals surface area contributed by atoms with Gasteiger partial charge in [0.25, 0.3) is 0 Å². The lowest BCUT2D eigenvalue weighted by molar-refractivity contribution is -0.173. The van der Waals surface area contributed by atoms with E-state index in [1.807, 2.05) is 42.5 Å². The maximum atomic E-state index is 13.2. The molecule has 0 bridgehead atoms. The van der Waals surface area contributed by atoms with Crippen molar-refractivity contribution in [2.24, 2.45) is 5.92 Å². The summed E-state index contributed by atoms with van der Waals surface area (Å²) in [5.74, 6) is -0.914. The number of Topliss-reactive ketones (excluding diaryl/α,β-unsaturated/α-hetero) is 1. The van der Waals surface area contributed by atoms with Gasteiger partial charge in [-0.2, -0.15) is 0 Å². The number of hydroxylamine groups is 2. The van der Waals surface area contributed by atoms with Crippen LogP contribution in [0, 0.1) is 5.92 Å². The molecule has 0 saturated carbocycles. The maximum absolute atomic E-state index is 13.2. The molecule has 5 nitrogen and oxygen atoms in total. The molecule has 2 aromatic carbocycles. The van der Waals surface area contributed by atoms with Gasteiger partial charge in [-0.25, -0.2) is 5.06 Å². The van der Waals surface area contributed by atoms with E-state index < -0.39 is 5.92 Å². The first-order valence-electron chi connectivity index (χ1n) is 9.83. The normalized spacial score (nSPS) is 11.5. The van der Waals surface area contributed by atoms with Crippen molar-refractivity contribution in [2.75, 3.05) is 20.8 Å². The first kappa shape index (κ1) is 23.3. The highest BCUT2D eigenvalue weighted by Crippen LogP contribution is 2.23. The number of ketones is 1. The minimum atomic E-state index is -0.564. The maximum Gasteiger partial charge on any atom is 0.249 e. The quantitative estimate of drug-likeness (QED) is 0.225. The lowest BCUT2D eigenvalue weighted by Crippen LogP contribution is -2.34. The van der Waals surface area contributed by atoms with E-state index in [1.165, 1.54) is 12.2 Å². The van der Waals surface area contributed by atoms with Gasteiger partial charge in [0, 0.05) is 19.0 Å². The minimum Gasteiger partial charge on any atom is -0.373 e. The van der Waals surface area contributed by atoms with Crippen LogP contribution in [0.15, 0.2) is 67.8 Å². The molecule has 158 valence electrons. The largest absolute Gasteiger partial charge is 0.373 e. The smallest absolute Gasteiger partial charge is 0.249 e. The molecular weight excluding hydrogens is 378 g/mol. The fourth-order valence-electron chi connectivity index (χ4n) is 3.28. The van der Waals surface area contributed by atoms with Gasteiger partial charge in [-0.3, -0.25) is 14.4 Å². The van der Waals surface area contributed by atoms with Crippen LogP contribution in [0.2, 0.25) is 0 Å². The van der Waals surface area contributed by atoms with E-state index in [2.05, 4.69) is 13.2 Å². The molecule has 0 fully saturated rings. The Labute approximate surface area is 178 Å². The molecule has 0 aliphatic rings. The van der Waals surface area contributed by atoms with Crippen LogP contribution in [0.4, 0.5) is 0 Å². The Balaban J connectivity index is 2.27. The molecular formula is C25H29NO4. The number of nitrogens with zero attached hydrogens (tertiary/aromatic N) is 1. The third kappa shape index (κ3) is 6.24. The molecule has 0 spiro atoms. The van der Waals surface area contributed by atoms with E-state index in [9.17, 15) is 9.59 Å². The summed E-state index contributed by atoms with van der Waals surface area (Å²) in [4.78, 5) is 31.2. The van der Waals surface area contributed by atoms with Crippen LogP contribution in [-0.2, 0) is 27.4 Å². The molecule has 0 N–H and O–H groups in total. The van der Waals surface area contributed by atoms with Crippen LogP contribution in [0.3, 0.4) is 0 Å². The number of carbonyl (C=O) groups excluding carboxylic acids is 2. The van der Waals surface area contributed by atoms with Gasteiger partial charge in [-0.15, -0.1) is 6.58 Å². The first-order valence-corrected chi connectivity index (χ1v) is 9.83. The average molecular weight is 408 g/mol. The second kappa shape index (κ2) is 11.9. The zero-order valence-electron chi connectivity index (χ0n) is 17.7. The van der Waals surface area contributed by atoms with Crippen molar-refractivity contribution < 1.29 is 19.2 Å². The summed E-state index contributed by atoms with van der Waals surface area (Å²) < 4.78 is 5.52. The number of carbonyl (C=O) groups is 2. The first-order chi connectivity index (χ1) is 14.5. The molecule has 0 saturated heterocycles. The fourth-order valence-corrected chi connectivity index (χ4v) is 3.28. The lowest BCUT2D eigenvalue weighted by Gasteiger charge is -2.22. The van der Waals surface area contributed by atoms with Crippen LogP contribution < -0.4 is 0 Å². The topological polar surface area (TPSA) is 55.8 Å². The van der Waals surface area contributed by atoms with Crippen LogP contribution in [0.5, 0.6) is 0 Å². The number of hydrogen-bond donors (Lipinski definition) is 0. The van der Waals surface area contributed by atoms with Gasteiger partial charge in [0.1, 0.15) is 0 Å². The summed E-state index contributed by atoms with van der Waals surface area (Å²) in [5, 5.41) is 1.17. The number of amides is 1. The van der Waals surface area contributed by atoms with Crippen molar-refractivity contribution in [3.8, 4) is 0 Å². The molecule has 0 radical (unpaired) electrons. The predicted octanol–water partition coefficient (Wildman–Crippen LogP) is 4.48. The Hall–Kier alpha value is -3.02. The Bertz CT molecular complexity index is 890. The highest BCUT2D eigenvalue weighted by atomic mass is 16.7. The van der Waals surface area contributed by atoms with Crippen molar-refractivity contribution in [3.05, 3.63) is 90.0 Å². The van der Waals surface area contributed by atoms with Crippen molar-refractivity contribution in [1.29, 1.82) is 0 Å². The van der Waals surface area contributed by atoms with Gasteiger partial charge in [0.15, 0.2) is 5.78 Å². The summed E-state index contributed by atoms with van der Waals surface area (Å²) in [6.45, 7) is 8.19. The predicted molar refractivity (Wildman–Crippen MR) is 119 cm³/mol. The number of hydrogen-bond acceptors (Lipinski definition) is 4. The van der Waals surface area contributed by atoms with Crippen molar-refractivity contribution >= 4 is 17.8 Å². The summed E-state index contributed by atoms with van der Waals surface area (Å²) in [5.41, 5.74) is 3.27. The lowest BCUT2D eigenvalue weighted by atomic mass is 9.88. The fraction of sp³-hybridized carbons (Fsp3) is 0.280. The Morgan fingerprint density at radius 1 is 1.07 bits per heavy atom. The van der Waals surface area contributed by atoms with Crippen LogP contribution in [0.25, 0.3) is 6.08 Å². The minimum absolute atomic E-state index is 0.0660. The second-order valence-electron chi connectivity index (χ2n) is 6.91. The SMILES string of the molecule is C=CCOCc1ccccc1C(=O)C[C@@H](Cc1ccccc1C=C)C(=O)N(C)OC. The van der Waals surface area contributed by atoms with Gasteiger partial charge >= 0.3 is 0 Å². The van der Waals surface area contributed by atoms with Gasteiger partial charge in [0.05, 0.1) is 26.2 Å². The zero-order valence-corrected chi connectivity index (χ0v) is 17.7. The molecule has 0 aromatic heterocycles. The molecule has 0 aliphatic heterocycles. The Morgan fingerprint density at radius 3 is 2.40 bits per heavy atom.